The van der Waals surface area contributed by atoms with E-state index in [1.165, 1.54) is 6.42 Å². The quantitative estimate of drug-likeness (QED) is 0.622. The maximum absolute atomic E-state index is 13.2. The minimum atomic E-state index is -0.423. The first-order chi connectivity index (χ1) is 13.6. The first-order valence-corrected chi connectivity index (χ1v) is 10.1. The Balaban J connectivity index is 1.59. The van der Waals surface area contributed by atoms with Crippen molar-refractivity contribution < 1.29 is 14.0 Å². The third kappa shape index (κ3) is 3.61. The number of benzene rings is 1. The van der Waals surface area contributed by atoms with Crippen LogP contribution in [0.2, 0.25) is 0 Å². The summed E-state index contributed by atoms with van der Waals surface area (Å²) in [5.41, 5.74) is 1.66. The highest BCUT2D eigenvalue weighted by molar-refractivity contribution is 6.09. The van der Waals surface area contributed by atoms with Crippen molar-refractivity contribution in [3.8, 4) is 0 Å². The van der Waals surface area contributed by atoms with E-state index < -0.39 is 6.04 Å². The normalized spacial score (nSPS) is 16.2. The van der Waals surface area contributed by atoms with Crippen molar-refractivity contribution in [2.24, 2.45) is 5.92 Å². The highest BCUT2D eigenvalue weighted by Gasteiger charge is 2.27. The lowest BCUT2D eigenvalue weighted by Gasteiger charge is -2.20. The maximum Gasteiger partial charge on any atom is 0.243 e. The molecule has 1 aromatic carbocycles. The van der Waals surface area contributed by atoms with Gasteiger partial charge in [-0.2, -0.15) is 0 Å². The van der Waals surface area contributed by atoms with E-state index in [-0.39, 0.29) is 17.6 Å². The number of furan rings is 1. The molecule has 4 rings (SSSR count). The number of rotatable bonds is 6. The van der Waals surface area contributed by atoms with E-state index in [1.54, 1.807) is 12.3 Å². The number of para-hydroxylation sites is 1. The summed E-state index contributed by atoms with van der Waals surface area (Å²) in [6.07, 6.45) is 8.88. The molecule has 146 valence electrons. The van der Waals surface area contributed by atoms with Crippen molar-refractivity contribution in [2.45, 2.75) is 51.6 Å². The zero-order chi connectivity index (χ0) is 19.5. The predicted octanol–water partition coefficient (Wildman–Crippen LogP) is 4.87. The van der Waals surface area contributed by atoms with Gasteiger partial charge in [0.15, 0.2) is 5.78 Å². The molecular weight excluding hydrogens is 352 g/mol. The molecule has 5 heteroatoms. The average molecular weight is 378 g/mol. The fourth-order valence-electron chi connectivity index (χ4n) is 4.17. The molecular formula is C23H26N2O3. The summed E-state index contributed by atoms with van der Waals surface area (Å²) in [6.45, 7) is 2.21. The second-order valence-electron chi connectivity index (χ2n) is 7.64. The predicted molar refractivity (Wildman–Crippen MR) is 108 cm³/mol. The van der Waals surface area contributed by atoms with E-state index in [0.29, 0.717) is 12.3 Å². The van der Waals surface area contributed by atoms with Gasteiger partial charge in [-0.25, -0.2) is 0 Å². The fraction of sp³-hybridized carbons (Fsp3) is 0.391. The molecule has 5 nitrogen and oxygen atoms in total. The van der Waals surface area contributed by atoms with Crippen LogP contribution in [0.15, 0.2) is 53.3 Å². The summed E-state index contributed by atoms with van der Waals surface area (Å²) in [7, 11) is 0. The lowest BCUT2D eigenvalue weighted by atomic mass is 9.84. The van der Waals surface area contributed by atoms with Gasteiger partial charge in [0.1, 0.15) is 11.8 Å². The monoisotopic (exact) mass is 378 g/mol. The molecule has 1 N–H and O–H groups in total. The summed E-state index contributed by atoms with van der Waals surface area (Å²) >= 11 is 0. The summed E-state index contributed by atoms with van der Waals surface area (Å²) in [5.74, 6) is 0.939. The molecule has 1 unspecified atom stereocenters. The summed E-state index contributed by atoms with van der Waals surface area (Å²) in [4.78, 5) is 25.9. The first-order valence-electron chi connectivity index (χ1n) is 10.1. The molecule has 1 aliphatic rings. The Bertz CT molecular complexity index is 965. The van der Waals surface area contributed by atoms with Crippen LogP contribution >= 0.6 is 0 Å². The maximum atomic E-state index is 13.2. The minimum Gasteiger partial charge on any atom is -0.467 e. The van der Waals surface area contributed by atoms with Crippen LogP contribution in [0, 0.1) is 5.92 Å². The molecule has 2 heterocycles. The van der Waals surface area contributed by atoms with Crippen molar-refractivity contribution in [1.29, 1.82) is 0 Å². The molecule has 0 saturated heterocycles. The van der Waals surface area contributed by atoms with Crippen LogP contribution < -0.4 is 5.32 Å². The van der Waals surface area contributed by atoms with Crippen molar-refractivity contribution in [2.75, 3.05) is 0 Å². The Hall–Kier alpha value is -2.82. The molecule has 2 aromatic heterocycles. The third-order valence-corrected chi connectivity index (χ3v) is 5.80. The van der Waals surface area contributed by atoms with E-state index in [0.717, 1.165) is 42.1 Å². The van der Waals surface area contributed by atoms with Gasteiger partial charge < -0.3 is 14.3 Å². The second kappa shape index (κ2) is 8.05. The lowest BCUT2D eigenvalue weighted by Crippen LogP contribution is -2.30. The minimum absolute atomic E-state index is 0.103. The van der Waals surface area contributed by atoms with Gasteiger partial charge in [0.25, 0.3) is 0 Å². The highest BCUT2D eigenvalue weighted by Crippen LogP contribution is 2.32. The molecule has 0 aliphatic heterocycles. The Kier molecular flexibility index (Phi) is 5.33. The van der Waals surface area contributed by atoms with E-state index in [4.69, 9.17) is 4.42 Å². The van der Waals surface area contributed by atoms with Crippen LogP contribution in [0.4, 0.5) is 0 Å². The van der Waals surface area contributed by atoms with E-state index in [1.807, 2.05) is 48.0 Å². The zero-order valence-corrected chi connectivity index (χ0v) is 16.2. The Labute approximate surface area is 164 Å². The lowest BCUT2D eigenvalue weighted by molar-refractivity contribution is -0.124. The van der Waals surface area contributed by atoms with Crippen molar-refractivity contribution >= 4 is 22.6 Å². The molecule has 0 spiro atoms. The molecule has 0 bridgehead atoms. The Morgan fingerprint density at radius 3 is 2.68 bits per heavy atom. The van der Waals surface area contributed by atoms with Crippen molar-refractivity contribution in [3.63, 3.8) is 0 Å². The number of fused-ring (bicyclic) bond motifs is 1. The van der Waals surface area contributed by atoms with Gasteiger partial charge in [-0.05, 0) is 38.0 Å². The number of nitrogens with zero attached hydrogens (tertiary/aromatic N) is 1. The molecule has 1 fully saturated rings. The van der Waals surface area contributed by atoms with Gasteiger partial charge in [-0.15, -0.1) is 0 Å². The van der Waals surface area contributed by atoms with Gasteiger partial charge in [-0.3, -0.25) is 9.59 Å². The number of hydrogen-bond donors (Lipinski definition) is 1. The highest BCUT2D eigenvalue weighted by atomic mass is 16.3. The molecule has 1 atom stereocenters. The van der Waals surface area contributed by atoms with E-state index in [2.05, 4.69) is 5.32 Å². The number of nitrogens with one attached hydrogen (secondary N) is 1. The van der Waals surface area contributed by atoms with Gasteiger partial charge in [-0.1, -0.05) is 37.5 Å². The molecule has 1 saturated carbocycles. The topological polar surface area (TPSA) is 64.2 Å². The molecule has 28 heavy (non-hydrogen) atoms. The number of carbonyl (C=O) groups is 2. The molecule has 1 aliphatic carbocycles. The summed E-state index contributed by atoms with van der Waals surface area (Å²) in [5, 5.41) is 3.85. The van der Waals surface area contributed by atoms with E-state index in [9.17, 15) is 9.59 Å². The molecule has 3 aromatic rings. The van der Waals surface area contributed by atoms with Gasteiger partial charge in [0.2, 0.25) is 5.91 Å². The van der Waals surface area contributed by atoms with Crippen LogP contribution in [-0.4, -0.2) is 16.3 Å². The number of aromatic nitrogens is 1. The van der Waals surface area contributed by atoms with Crippen LogP contribution in [0.5, 0.6) is 0 Å². The van der Waals surface area contributed by atoms with Crippen LogP contribution in [0.25, 0.3) is 10.9 Å². The smallest absolute Gasteiger partial charge is 0.243 e. The number of hydrogen-bond acceptors (Lipinski definition) is 3. The Morgan fingerprint density at radius 1 is 1.14 bits per heavy atom. The summed E-state index contributed by atoms with van der Waals surface area (Å²) < 4.78 is 7.20. The average Bonchev–Trinajstić information content (AvgIpc) is 3.39. The summed E-state index contributed by atoms with van der Waals surface area (Å²) in [6, 6.07) is 11.1. The number of carbonyl (C=O) groups excluding carboxylic acids is 2. The number of amides is 1. The van der Waals surface area contributed by atoms with Gasteiger partial charge in [0.05, 0.1) is 12.8 Å². The largest absolute Gasteiger partial charge is 0.467 e. The third-order valence-electron chi connectivity index (χ3n) is 5.80. The van der Waals surface area contributed by atoms with Crippen molar-refractivity contribution in [1.82, 2.24) is 9.88 Å². The SMILES string of the molecule is CC(C(=O)NCc1ccco1)n1cc(C(=O)C2CCCCC2)c2ccccc21. The van der Waals surface area contributed by atoms with Crippen molar-refractivity contribution in [3.05, 3.63) is 60.2 Å². The van der Waals surface area contributed by atoms with Gasteiger partial charge >= 0.3 is 0 Å². The number of ketones is 1. The van der Waals surface area contributed by atoms with E-state index >= 15 is 0 Å². The fourth-order valence-corrected chi connectivity index (χ4v) is 4.17. The second-order valence-corrected chi connectivity index (χ2v) is 7.64. The molecule has 0 radical (unpaired) electrons. The number of Topliss-reactive ketones (excluding diaryl/α,β-unsaturated/α-hetero) is 1. The first kappa shape index (κ1) is 18.5. The van der Waals surface area contributed by atoms with Crippen LogP contribution in [0.3, 0.4) is 0 Å². The van der Waals surface area contributed by atoms with Crippen LogP contribution in [0.1, 0.15) is 61.2 Å². The zero-order valence-electron chi connectivity index (χ0n) is 16.2. The van der Waals surface area contributed by atoms with Crippen LogP contribution in [-0.2, 0) is 11.3 Å². The standard InChI is InChI=1S/C23H26N2O3/c1-16(23(27)24-14-18-10-7-13-28-18)25-15-20(19-11-5-6-12-21(19)25)22(26)17-8-3-2-4-9-17/h5-7,10-13,15-17H,2-4,8-9,14H2,1H3,(H,24,27). The Morgan fingerprint density at radius 2 is 1.93 bits per heavy atom. The molecule has 1 amide bonds. The van der Waals surface area contributed by atoms with Gasteiger partial charge in [0, 0.05) is 28.6 Å².